The lowest BCUT2D eigenvalue weighted by Crippen LogP contribution is -2.50. The van der Waals surface area contributed by atoms with Gasteiger partial charge in [-0.15, -0.1) is 11.3 Å². The van der Waals surface area contributed by atoms with Crippen molar-refractivity contribution in [2.45, 2.75) is 26.0 Å². The van der Waals surface area contributed by atoms with Crippen LogP contribution in [-0.4, -0.2) is 47.2 Å². The van der Waals surface area contributed by atoms with Crippen molar-refractivity contribution in [2.24, 2.45) is 0 Å². The summed E-state index contributed by atoms with van der Waals surface area (Å²) in [5.74, 6) is -1.09. The second-order valence-corrected chi connectivity index (χ2v) is 5.74. The normalized spacial score (nSPS) is 23.2. The first-order valence-electron chi connectivity index (χ1n) is 6.40. The third kappa shape index (κ3) is 3.26. The van der Waals surface area contributed by atoms with Crippen molar-refractivity contribution in [3.8, 4) is 0 Å². The SMILES string of the molecule is CC1CN(C(=O)c2sccc2C=CC(=O)O)C(C)CO1. The van der Waals surface area contributed by atoms with Gasteiger partial charge in [0.1, 0.15) is 0 Å². The molecular formula is C14H17NO4S. The predicted octanol–water partition coefficient (Wildman–Crippen LogP) is 2.10. The number of thiophene rings is 1. The van der Waals surface area contributed by atoms with Crippen LogP contribution in [0.25, 0.3) is 6.08 Å². The first-order valence-corrected chi connectivity index (χ1v) is 7.28. The Morgan fingerprint density at radius 1 is 1.50 bits per heavy atom. The molecule has 2 unspecified atom stereocenters. The van der Waals surface area contributed by atoms with Crippen molar-refractivity contribution < 1.29 is 19.4 Å². The molecule has 1 aliphatic heterocycles. The van der Waals surface area contributed by atoms with E-state index >= 15 is 0 Å². The van der Waals surface area contributed by atoms with Gasteiger partial charge < -0.3 is 14.7 Å². The fourth-order valence-electron chi connectivity index (χ4n) is 2.10. The van der Waals surface area contributed by atoms with Crippen LogP contribution >= 0.6 is 11.3 Å². The summed E-state index contributed by atoms with van der Waals surface area (Å²) in [5.41, 5.74) is 0.647. The average molecular weight is 295 g/mol. The van der Waals surface area contributed by atoms with E-state index in [1.807, 2.05) is 13.8 Å². The topological polar surface area (TPSA) is 66.8 Å². The number of aliphatic carboxylic acids is 1. The Kier molecular flexibility index (Phi) is 4.57. The van der Waals surface area contributed by atoms with Crippen LogP contribution in [0.2, 0.25) is 0 Å². The van der Waals surface area contributed by atoms with Crippen molar-refractivity contribution in [1.82, 2.24) is 4.90 Å². The maximum atomic E-state index is 12.6. The van der Waals surface area contributed by atoms with Gasteiger partial charge in [0.2, 0.25) is 0 Å². The third-order valence-corrected chi connectivity index (χ3v) is 4.08. The molecule has 5 nitrogen and oxygen atoms in total. The van der Waals surface area contributed by atoms with Crippen LogP contribution in [0.4, 0.5) is 0 Å². The van der Waals surface area contributed by atoms with Crippen LogP contribution < -0.4 is 0 Å². The molecule has 0 spiro atoms. The molecule has 6 heteroatoms. The Morgan fingerprint density at radius 2 is 2.25 bits per heavy atom. The van der Waals surface area contributed by atoms with Gasteiger partial charge in [-0.05, 0) is 36.9 Å². The zero-order valence-electron chi connectivity index (χ0n) is 11.4. The summed E-state index contributed by atoms with van der Waals surface area (Å²) in [6, 6.07) is 1.78. The number of carbonyl (C=O) groups excluding carboxylic acids is 1. The lowest BCUT2D eigenvalue weighted by molar-refractivity contribution is -0.131. The van der Waals surface area contributed by atoms with E-state index in [2.05, 4.69) is 0 Å². The van der Waals surface area contributed by atoms with Gasteiger partial charge in [0.25, 0.3) is 5.91 Å². The predicted molar refractivity (Wildman–Crippen MR) is 76.9 cm³/mol. The fraction of sp³-hybridized carbons (Fsp3) is 0.429. The highest BCUT2D eigenvalue weighted by molar-refractivity contribution is 7.12. The van der Waals surface area contributed by atoms with Gasteiger partial charge in [-0.2, -0.15) is 0 Å². The van der Waals surface area contributed by atoms with Gasteiger partial charge in [0.15, 0.2) is 0 Å². The van der Waals surface area contributed by atoms with Crippen LogP contribution in [0, 0.1) is 0 Å². The van der Waals surface area contributed by atoms with E-state index in [0.29, 0.717) is 23.6 Å². The number of ether oxygens (including phenoxy) is 1. The van der Waals surface area contributed by atoms with Crippen LogP contribution in [-0.2, 0) is 9.53 Å². The Morgan fingerprint density at radius 3 is 2.95 bits per heavy atom. The number of amides is 1. The van der Waals surface area contributed by atoms with E-state index in [1.54, 1.807) is 16.3 Å². The molecule has 1 aliphatic rings. The van der Waals surface area contributed by atoms with Crippen LogP contribution in [0.15, 0.2) is 17.5 Å². The summed E-state index contributed by atoms with van der Waals surface area (Å²) < 4.78 is 5.51. The smallest absolute Gasteiger partial charge is 0.328 e. The van der Waals surface area contributed by atoms with Crippen molar-refractivity contribution in [2.75, 3.05) is 13.2 Å². The molecule has 0 aromatic carbocycles. The second kappa shape index (κ2) is 6.19. The van der Waals surface area contributed by atoms with Gasteiger partial charge in [0, 0.05) is 12.6 Å². The highest BCUT2D eigenvalue weighted by Crippen LogP contribution is 2.23. The minimum atomic E-state index is -1.03. The molecule has 108 valence electrons. The average Bonchev–Trinajstić information content (AvgIpc) is 2.86. The lowest BCUT2D eigenvalue weighted by atomic mass is 10.1. The largest absolute Gasteiger partial charge is 0.478 e. The summed E-state index contributed by atoms with van der Waals surface area (Å²) in [6.45, 7) is 4.97. The fourth-order valence-corrected chi connectivity index (χ4v) is 2.94. The van der Waals surface area contributed by atoms with Crippen molar-refractivity contribution in [1.29, 1.82) is 0 Å². The van der Waals surface area contributed by atoms with E-state index in [9.17, 15) is 9.59 Å². The van der Waals surface area contributed by atoms with Crippen molar-refractivity contribution in [3.05, 3.63) is 28.0 Å². The molecule has 0 bridgehead atoms. The number of morpholine rings is 1. The van der Waals surface area contributed by atoms with Crippen molar-refractivity contribution >= 4 is 29.3 Å². The molecule has 0 saturated carbocycles. The highest BCUT2D eigenvalue weighted by Gasteiger charge is 2.29. The third-order valence-electron chi connectivity index (χ3n) is 3.16. The van der Waals surface area contributed by atoms with Gasteiger partial charge >= 0.3 is 5.97 Å². The number of carboxylic acid groups (broad SMARTS) is 1. The number of hydrogen-bond donors (Lipinski definition) is 1. The molecule has 1 fully saturated rings. The number of carboxylic acids is 1. The van der Waals surface area contributed by atoms with Gasteiger partial charge in [-0.1, -0.05) is 0 Å². The molecular weight excluding hydrogens is 278 g/mol. The van der Waals surface area contributed by atoms with Crippen LogP contribution in [0.5, 0.6) is 0 Å². The van der Waals surface area contributed by atoms with Crippen LogP contribution in [0.1, 0.15) is 29.1 Å². The summed E-state index contributed by atoms with van der Waals surface area (Å²) in [6.07, 6.45) is 2.53. The zero-order valence-corrected chi connectivity index (χ0v) is 12.2. The molecule has 2 atom stereocenters. The molecule has 1 saturated heterocycles. The summed E-state index contributed by atoms with van der Waals surface area (Å²) >= 11 is 1.33. The number of nitrogens with zero attached hydrogens (tertiary/aromatic N) is 1. The maximum Gasteiger partial charge on any atom is 0.328 e. The Labute approximate surface area is 121 Å². The van der Waals surface area contributed by atoms with E-state index in [1.165, 1.54) is 17.4 Å². The second-order valence-electron chi connectivity index (χ2n) is 4.83. The lowest BCUT2D eigenvalue weighted by Gasteiger charge is -2.36. The van der Waals surface area contributed by atoms with Crippen molar-refractivity contribution in [3.63, 3.8) is 0 Å². The standard InChI is InChI=1S/C14H17NO4S/c1-9-8-19-10(2)7-15(9)14(18)13-11(5-6-20-13)3-4-12(16)17/h3-6,9-10H,7-8H2,1-2H3,(H,16,17). The summed E-state index contributed by atoms with van der Waals surface area (Å²) in [4.78, 5) is 25.5. The molecule has 0 radical (unpaired) electrons. The molecule has 1 amide bonds. The minimum Gasteiger partial charge on any atom is -0.478 e. The Balaban J connectivity index is 2.20. The van der Waals surface area contributed by atoms with E-state index < -0.39 is 5.97 Å². The molecule has 0 aliphatic carbocycles. The Bertz CT molecular complexity index is 537. The molecule has 20 heavy (non-hydrogen) atoms. The quantitative estimate of drug-likeness (QED) is 0.867. The summed E-state index contributed by atoms with van der Waals surface area (Å²) in [5, 5.41) is 10.5. The zero-order chi connectivity index (χ0) is 14.7. The molecule has 1 aromatic heterocycles. The highest BCUT2D eigenvalue weighted by atomic mass is 32.1. The first-order chi connectivity index (χ1) is 9.49. The number of hydrogen-bond acceptors (Lipinski definition) is 4. The summed E-state index contributed by atoms with van der Waals surface area (Å²) in [7, 11) is 0. The number of rotatable bonds is 3. The maximum absolute atomic E-state index is 12.6. The van der Waals surface area contributed by atoms with Crippen LogP contribution in [0.3, 0.4) is 0 Å². The molecule has 2 rings (SSSR count). The number of carbonyl (C=O) groups is 2. The molecule has 2 heterocycles. The Hall–Kier alpha value is -1.66. The molecule has 1 aromatic rings. The van der Waals surface area contributed by atoms with E-state index in [4.69, 9.17) is 9.84 Å². The minimum absolute atomic E-state index is 0.0214. The van der Waals surface area contributed by atoms with Gasteiger partial charge in [0.05, 0.1) is 23.6 Å². The van der Waals surface area contributed by atoms with E-state index in [0.717, 1.165) is 6.08 Å². The monoisotopic (exact) mass is 295 g/mol. The van der Waals surface area contributed by atoms with Gasteiger partial charge in [-0.25, -0.2) is 4.79 Å². The molecule has 1 N–H and O–H groups in total. The van der Waals surface area contributed by atoms with E-state index in [-0.39, 0.29) is 18.1 Å². The van der Waals surface area contributed by atoms with Gasteiger partial charge in [-0.3, -0.25) is 4.79 Å². The first kappa shape index (κ1) is 14.7.